The zero-order chi connectivity index (χ0) is 24.5. The highest BCUT2D eigenvalue weighted by molar-refractivity contribution is 6.30. The summed E-state index contributed by atoms with van der Waals surface area (Å²) in [6.45, 7) is 4.92. The molecule has 3 aromatic carbocycles. The van der Waals surface area contributed by atoms with Crippen molar-refractivity contribution in [1.82, 2.24) is 9.78 Å². The van der Waals surface area contributed by atoms with Crippen LogP contribution >= 0.6 is 11.6 Å². The van der Waals surface area contributed by atoms with Gasteiger partial charge in [-0.1, -0.05) is 48.0 Å². The molecule has 6 nitrogen and oxygen atoms in total. The van der Waals surface area contributed by atoms with Crippen molar-refractivity contribution in [2.24, 2.45) is 0 Å². The van der Waals surface area contributed by atoms with Crippen molar-refractivity contribution in [2.75, 3.05) is 10.2 Å². The molecule has 35 heavy (non-hydrogen) atoms. The Bertz CT molecular complexity index is 1410. The van der Waals surface area contributed by atoms with Crippen molar-refractivity contribution in [3.63, 3.8) is 0 Å². The van der Waals surface area contributed by atoms with E-state index in [-0.39, 0.29) is 11.8 Å². The number of benzene rings is 3. The topological polar surface area (TPSA) is 67.2 Å². The molecule has 7 heteroatoms. The highest BCUT2D eigenvalue weighted by Gasteiger charge is 2.26. The van der Waals surface area contributed by atoms with Crippen LogP contribution in [0.1, 0.15) is 33.5 Å². The van der Waals surface area contributed by atoms with Gasteiger partial charge in [0.15, 0.2) is 0 Å². The van der Waals surface area contributed by atoms with Crippen LogP contribution in [0.4, 0.5) is 11.5 Å². The lowest BCUT2D eigenvalue weighted by Crippen LogP contribution is -2.36. The summed E-state index contributed by atoms with van der Waals surface area (Å²) >= 11 is 6.01. The molecule has 0 saturated carbocycles. The van der Waals surface area contributed by atoms with E-state index < -0.39 is 0 Å². The van der Waals surface area contributed by atoms with Gasteiger partial charge >= 0.3 is 0 Å². The molecule has 2 amide bonds. The molecule has 4 aromatic rings. The summed E-state index contributed by atoms with van der Waals surface area (Å²) in [5.74, 6) is 0.657. The summed E-state index contributed by atoms with van der Waals surface area (Å²) in [4.78, 5) is 27.3. The Hall–Kier alpha value is -3.90. The molecule has 176 valence electrons. The fourth-order valence-corrected chi connectivity index (χ4v) is 4.32. The van der Waals surface area contributed by atoms with E-state index in [0.717, 1.165) is 39.5 Å². The summed E-state index contributed by atoms with van der Waals surface area (Å²) in [5, 5.41) is 8.35. The SMILES string of the molecule is Cc1ccc(C)c(NC(=O)c2ccc(CN3C(=O)CCn4nc(-c5ccc(Cl)cc5)cc43)cc2)c1. The van der Waals surface area contributed by atoms with Crippen LogP contribution in [-0.4, -0.2) is 21.6 Å². The Balaban J connectivity index is 1.33. The fraction of sp³-hybridized carbons (Fsp3) is 0.179. The van der Waals surface area contributed by atoms with Crippen molar-refractivity contribution >= 4 is 34.9 Å². The molecule has 0 bridgehead atoms. The Labute approximate surface area is 209 Å². The van der Waals surface area contributed by atoms with E-state index in [1.807, 2.05) is 79.2 Å². The molecule has 0 unspecified atom stereocenters. The maximum Gasteiger partial charge on any atom is 0.255 e. The predicted octanol–water partition coefficient (Wildman–Crippen LogP) is 6.01. The fourth-order valence-electron chi connectivity index (χ4n) is 4.19. The van der Waals surface area contributed by atoms with E-state index in [4.69, 9.17) is 16.7 Å². The summed E-state index contributed by atoms with van der Waals surface area (Å²) in [6, 6.07) is 22.8. The maximum absolute atomic E-state index is 12.8. The van der Waals surface area contributed by atoms with Gasteiger partial charge in [-0.3, -0.25) is 14.5 Å². The number of rotatable bonds is 5. The lowest BCUT2D eigenvalue weighted by atomic mass is 10.1. The molecule has 1 aromatic heterocycles. The maximum atomic E-state index is 12.8. The van der Waals surface area contributed by atoms with E-state index in [9.17, 15) is 9.59 Å². The minimum absolute atomic E-state index is 0.0526. The molecular weight excluding hydrogens is 460 g/mol. The van der Waals surface area contributed by atoms with E-state index in [0.29, 0.717) is 30.1 Å². The number of halogens is 1. The number of nitrogens with zero attached hydrogens (tertiary/aromatic N) is 3. The highest BCUT2D eigenvalue weighted by atomic mass is 35.5. The van der Waals surface area contributed by atoms with Crippen LogP contribution in [0.3, 0.4) is 0 Å². The van der Waals surface area contributed by atoms with Crippen LogP contribution in [-0.2, 0) is 17.9 Å². The lowest BCUT2D eigenvalue weighted by Gasteiger charge is -2.27. The first-order chi connectivity index (χ1) is 16.9. The third kappa shape index (κ3) is 4.84. The number of carbonyl (C=O) groups excluding carboxylic acids is 2. The normalized spacial score (nSPS) is 13.0. The van der Waals surface area contributed by atoms with E-state index in [2.05, 4.69) is 5.32 Å². The van der Waals surface area contributed by atoms with Crippen LogP contribution < -0.4 is 10.2 Å². The van der Waals surface area contributed by atoms with Gasteiger partial charge in [0.05, 0.1) is 18.8 Å². The summed E-state index contributed by atoms with van der Waals surface area (Å²) in [7, 11) is 0. The number of anilines is 2. The summed E-state index contributed by atoms with van der Waals surface area (Å²) in [6.07, 6.45) is 0.394. The number of fused-ring (bicyclic) bond motifs is 1. The zero-order valence-corrected chi connectivity index (χ0v) is 20.3. The first-order valence-electron chi connectivity index (χ1n) is 11.5. The average Bonchev–Trinajstić information content (AvgIpc) is 3.29. The second-order valence-electron chi connectivity index (χ2n) is 8.82. The molecule has 0 fully saturated rings. The minimum atomic E-state index is -0.162. The van der Waals surface area contributed by atoms with Crippen molar-refractivity contribution in [2.45, 2.75) is 33.4 Å². The minimum Gasteiger partial charge on any atom is -0.322 e. The zero-order valence-electron chi connectivity index (χ0n) is 19.6. The Morgan fingerprint density at radius 1 is 1.00 bits per heavy atom. The third-order valence-corrected chi connectivity index (χ3v) is 6.46. The van der Waals surface area contributed by atoms with Crippen LogP contribution in [0.25, 0.3) is 11.3 Å². The number of hydrogen-bond acceptors (Lipinski definition) is 3. The summed E-state index contributed by atoms with van der Waals surface area (Å²) < 4.78 is 1.87. The number of aryl methyl sites for hydroxylation is 3. The molecule has 0 atom stereocenters. The quantitative estimate of drug-likeness (QED) is 0.377. The monoisotopic (exact) mass is 484 g/mol. The van der Waals surface area contributed by atoms with Crippen molar-refractivity contribution < 1.29 is 9.59 Å². The Morgan fingerprint density at radius 2 is 1.74 bits per heavy atom. The van der Waals surface area contributed by atoms with Crippen molar-refractivity contribution in [3.8, 4) is 11.3 Å². The Kier molecular flexibility index (Phi) is 6.14. The Morgan fingerprint density at radius 3 is 2.49 bits per heavy atom. The van der Waals surface area contributed by atoms with Crippen molar-refractivity contribution in [3.05, 3.63) is 100 Å². The molecule has 0 saturated heterocycles. The molecule has 1 aliphatic heterocycles. The number of carbonyl (C=O) groups is 2. The van der Waals surface area contributed by atoms with Crippen LogP contribution in [0.5, 0.6) is 0 Å². The van der Waals surface area contributed by atoms with Gasteiger partial charge in [-0.15, -0.1) is 0 Å². The number of amides is 2. The van der Waals surface area contributed by atoms with E-state index in [1.165, 1.54) is 0 Å². The first-order valence-corrected chi connectivity index (χ1v) is 11.9. The third-order valence-electron chi connectivity index (χ3n) is 6.21. The predicted molar refractivity (Wildman–Crippen MR) is 139 cm³/mol. The molecular formula is C28H25ClN4O2. The molecule has 0 aliphatic carbocycles. The highest BCUT2D eigenvalue weighted by Crippen LogP contribution is 2.30. The van der Waals surface area contributed by atoms with Gasteiger partial charge < -0.3 is 5.32 Å². The molecule has 0 radical (unpaired) electrons. The van der Waals surface area contributed by atoms with Gasteiger partial charge in [0, 0.05) is 34.3 Å². The second kappa shape index (κ2) is 9.39. The number of hydrogen-bond donors (Lipinski definition) is 1. The van der Waals surface area contributed by atoms with Gasteiger partial charge in [-0.2, -0.15) is 5.10 Å². The smallest absolute Gasteiger partial charge is 0.255 e. The molecule has 0 spiro atoms. The largest absolute Gasteiger partial charge is 0.322 e. The van der Waals surface area contributed by atoms with Crippen molar-refractivity contribution in [1.29, 1.82) is 0 Å². The molecule has 5 rings (SSSR count). The first kappa shape index (κ1) is 22.9. The standard InChI is InChI=1S/C28H25ClN4O2/c1-18-3-4-19(2)24(15-18)30-28(35)22-7-5-20(6-8-22)17-32-26-16-25(21-9-11-23(29)12-10-21)31-33(26)14-13-27(32)34/h3-12,15-16H,13-14,17H2,1-2H3,(H,30,35). The molecule has 1 N–H and O–H groups in total. The van der Waals surface area contributed by atoms with Crippen LogP contribution in [0.2, 0.25) is 5.02 Å². The average molecular weight is 485 g/mol. The van der Waals surface area contributed by atoms with Gasteiger partial charge in [0.1, 0.15) is 5.82 Å². The van der Waals surface area contributed by atoms with Gasteiger partial charge in [-0.05, 0) is 60.9 Å². The van der Waals surface area contributed by atoms with Crippen LogP contribution in [0.15, 0.2) is 72.8 Å². The molecule has 2 heterocycles. The second-order valence-corrected chi connectivity index (χ2v) is 9.25. The lowest BCUT2D eigenvalue weighted by molar-refractivity contribution is -0.119. The molecule has 1 aliphatic rings. The van der Waals surface area contributed by atoms with E-state index in [1.54, 1.807) is 17.0 Å². The summed E-state index contributed by atoms with van der Waals surface area (Å²) in [5.41, 5.74) is 6.16. The van der Waals surface area contributed by atoms with Gasteiger partial charge in [0.25, 0.3) is 5.91 Å². The number of aromatic nitrogens is 2. The van der Waals surface area contributed by atoms with Crippen LogP contribution in [0, 0.1) is 13.8 Å². The van der Waals surface area contributed by atoms with Gasteiger partial charge in [0.2, 0.25) is 5.91 Å². The van der Waals surface area contributed by atoms with E-state index >= 15 is 0 Å². The van der Waals surface area contributed by atoms with Gasteiger partial charge in [-0.25, -0.2) is 4.68 Å². The number of nitrogens with one attached hydrogen (secondary N) is 1.